The van der Waals surface area contributed by atoms with E-state index in [0.29, 0.717) is 43.3 Å². The predicted molar refractivity (Wildman–Crippen MR) is 211 cm³/mol. The molecule has 3 atom stereocenters. The highest BCUT2D eigenvalue weighted by Gasteiger charge is 2.38. The normalized spacial score (nSPS) is 18.5. The van der Waals surface area contributed by atoms with E-state index in [1.807, 2.05) is 17.5 Å². The fourth-order valence-electron chi connectivity index (χ4n) is 7.10. The summed E-state index contributed by atoms with van der Waals surface area (Å²) in [6, 6.07) is 8.78. The minimum Gasteiger partial charge on any atom is -0.484 e. The van der Waals surface area contributed by atoms with E-state index >= 15 is 0 Å². The summed E-state index contributed by atoms with van der Waals surface area (Å²) >= 11 is 1.57. The number of aromatic nitrogens is 5. The standard InChI is InChI=1S/C38H44N10O8S/c1-46-29-15-26(6-7-27(29)36(52)56-38(46)53)55-22-33(50)48-21-25(39)14-30(48)35(51)40-8-11-54-12-9-41-37-42-17-23(18-43-37)19-47-10-2-4-24(20-47)34-44-28(16-32(49)45-34)31-5-3-13-57-31/h3,5-7,13,15-18,24-25,30H,2,4,8-12,14,19-22,39H2,1H3,(H,40,51)(H,41,42,43)(H,44,45,49)/t24?,25-,30-/m0/s1. The monoisotopic (exact) mass is 800 g/mol. The number of amides is 2. The van der Waals surface area contributed by atoms with Gasteiger partial charge in [0.2, 0.25) is 11.9 Å². The van der Waals surface area contributed by atoms with Crippen molar-refractivity contribution in [3.8, 4) is 16.3 Å². The van der Waals surface area contributed by atoms with Crippen LogP contribution < -0.4 is 38.0 Å². The van der Waals surface area contributed by atoms with Crippen molar-refractivity contribution >= 4 is 40.0 Å². The number of piperidine rings is 1. The molecule has 300 valence electrons. The first kappa shape index (κ1) is 39.5. The second kappa shape index (κ2) is 18.0. The molecule has 2 saturated heterocycles. The largest absolute Gasteiger partial charge is 0.484 e. The third kappa shape index (κ3) is 9.80. The molecule has 4 aromatic heterocycles. The van der Waals surface area contributed by atoms with Gasteiger partial charge in [-0.3, -0.25) is 23.9 Å². The Labute approximate surface area is 330 Å². The number of thiophene rings is 1. The molecule has 19 heteroatoms. The van der Waals surface area contributed by atoms with Gasteiger partial charge in [-0.15, -0.1) is 11.3 Å². The molecule has 18 nitrogen and oxygen atoms in total. The third-order valence-electron chi connectivity index (χ3n) is 9.94. The Bertz CT molecular complexity index is 2360. The van der Waals surface area contributed by atoms with Gasteiger partial charge in [0.1, 0.15) is 17.6 Å². The first-order chi connectivity index (χ1) is 27.6. The van der Waals surface area contributed by atoms with Crippen LogP contribution in [0.4, 0.5) is 5.95 Å². The summed E-state index contributed by atoms with van der Waals surface area (Å²) in [6.07, 6.45) is 5.86. The summed E-state index contributed by atoms with van der Waals surface area (Å²) in [5, 5.41) is 8.14. The van der Waals surface area contributed by atoms with Crippen molar-refractivity contribution in [2.75, 3.05) is 57.9 Å². The fourth-order valence-corrected chi connectivity index (χ4v) is 7.79. The number of aryl methyl sites for hydroxylation is 1. The average Bonchev–Trinajstić information content (AvgIpc) is 3.90. The van der Waals surface area contributed by atoms with Crippen LogP contribution in [0.2, 0.25) is 0 Å². The molecule has 2 fully saturated rings. The maximum absolute atomic E-state index is 13.1. The van der Waals surface area contributed by atoms with E-state index in [1.54, 1.807) is 29.8 Å². The summed E-state index contributed by atoms with van der Waals surface area (Å²) in [6.45, 7) is 3.52. The lowest BCUT2D eigenvalue weighted by Gasteiger charge is -2.32. The molecule has 57 heavy (non-hydrogen) atoms. The molecule has 5 N–H and O–H groups in total. The van der Waals surface area contributed by atoms with E-state index in [4.69, 9.17) is 20.2 Å². The summed E-state index contributed by atoms with van der Waals surface area (Å²) in [5.74, 6) is 0.0228. The van der Waals surface area contributed by atoms with Gasteiger partial charge in [-0.25, -0.2) is 24.5 Å². The highest BCUT2D eigenvalue weighted by atomic mass is 32.1. The lowest BCUT2D eigenvalue weighted by atomic mass is 9.96. The van der Waals surface area contributed by atoms with Crippen molar-refractivity contribution < 1.29 is 23.5 Å². The second-order valence-electron chi connectivity index (χ2n) is 14.1. The van der Waals surface area contributed by atoms with Crippen molar-refractivity contribution in [2.45, 2.75) is 43.8 Å². The Balaban J connectivity index is 0.799. The Kier molecular flexibility index (Phi) is 12.5. The number of anilines is 1. The number of hydrogen-bond donors (Lipinski definition) is 4. The van der Waals surface area contributed by atoms with Gasteiger partial charge in [-0.1, -0.05) is 6.07 Å². The molecule has 5 aromatic rings. The summed E-state index contributed by atoms with van der Waals surface area (Å²) in [5.41, 5.74) is 7.21. The molecule has 2 amide bonds. The van der Waals surface area contributed by atoms with Crippen LogP contribution >= 0.6 is 11.3 Å². The molecule has 0 bridgehead atoms. The minimum absolute atomic E-state index is 0.129. The van der Waals surface area contributed by atoms with Crippen LogP contribution in [0.25, 0.3) is 21.5 Å². The lowest BCUT2D eigenvalue weighted by Crippen LogP contribution is -2.48. The number of H-pyrrole nitrogens is 1. The number of nitrogens with two attached hydrogens (primary N) is 1. The number of benzene rings is 1. The van der Waals surface area contributed by atoms with Crippen LogP contribution in [-0.4, -0.2) is 111 Å². The number of nitrogens with zero attached hydrogens (tertiary/aromatic N) is 6. The summed E-state index contributed by atoms with van der Waals surface area (Å²) in [7, 11) is 1.46. The first-order valence-electron chi connectivity index (χ1n) is 18.7. The Morgan fingerprint density at radius 1 is 1.09 bits per heavy atom. The van der Waals surface area contributed by atoms with Gasteiger partial charge in [-0.2, -0.15) is 0 Å². The molecular formula is C38H44N10O8S. The summed E-state index contributed by atoms with van der Waals surface area (Å²) in [4.78, 5) is 83.8. The zero-order valence-electron chi connectivity index (χ0n) is 31.3. The number of nitrogens with one attached hydrogen (secondary N) is 3. The highest BCUT2D eigenvalue weighted by molar-refractivity contribution is 7.13. The maximum atomic E-state index is 13.1. The number of carbonyl (C=O) groups is 2. The van der Waals surface area contributed by atoms with Crippen molar-refractivity contribution in [1.82, 2.24) is 39.6 Å². The van der Waals surface area contributed by atoms with E-state index in [-0.39, 0.29) is 60.9 Å². The fraction of sp³-hybridized carbons (Fsp3) is 0.421. The molecule has 0 radical (unpaired) electrons. The second-order valence-corrected chi connectivity index (χ2v) is 15.0. The number of carbonyl (C=O) groups excluding carboxylic acids is 2. The Morgan fingerprint density at radius 3 is 2.72 bits per heavy atom. The van der Waals surface area contributed by atoms with Gasteiger partial charge in [0, 0.05) is 81.8 Å². The van der Waals surface area contributed by atoms with Gasteiger partial charge < -0.3 is 40.1 Å². The van der Waals surface area contributed by atoms with Gasteiger partial charge in [0.05, 0.1) is 34.7 Å². The summed E-state index contributed by atoms with van der Waals surface area (Å²) < 4.78 is 17.2. The predicted octanol–water partition coefficient (Wildman–Crippen LogP) is 1.03. The highest BCUT2D eigenvalue weighted by Crippen LogP contribution is 2.28. The Morgan fingerprint density at radius 2 is 1.91 bits per heavy atom. The molecule has 0 saturated carbocycles. The number of likely N-dealkylation sites (tertiary alicyclic amines) is 2. The molecule has 1 aromatic carbocycles. The van der Waals surface area contributed by atoms with E-state index < -0.39 is 23.3 Å². The van der Waals surface area contributed by atoms with Crippen LogP contribution in [0.1, 0.15) is 36.6 Å². The average molecular weight is 801 g/mol. The Hall–Kier alpha value is -5.76. The van der Waals surface area contributed by atoms with Crippen LogP contribution in [-0.2, 0) is 27.9 Å². The van der Waals surface area contributed by atoms with Gasteiger partial charge in [0.15, 0.2) is 6.61 Å². The molecule has 0 spiro atoms. The molecule has 2 aliphatic rings. The molecule has 0 aliphatic carbocycles. The van der Waals surface area contributed by atoms with Crippen molar-refractivity contribution in [2.24, 2.45) is 12.8 Å². The number of fused-ring (bicyclic) bond motifs is 1. The van der Waals surface area contributed by atoms with Crippen molar-refractivity contribution in [3.05, 3.63) is 96.9 Å². The van der Waals surface area contributed by atoms with Gasteiger partial charge in [-0.05, 0) is 49.4 Å². The van der Waals surface area contributed by atoms with E-state index in [1.165, 1.54) is 34.7 Å². The SMILES string of the molecule is Cn1c(=O)oc(=O)c2ccc(OCC(=O)N3C[C@@H](N)C[C@H]3C(=O)NCCOCCNc3ncc(CN4CCCC(c5nc(-c6cccs6)cc(=O)[nH]5)C4)cn3)cc21. The lowest BCUT2D eigenvalue weighted by molar-refractivity contribution is -0.140. The van der Waals surface area contributed by atoms with Crippen molar-refractivity contribution in [1.29, 1.82) is 0 Å². The smallest absolute Gasteiger partial charge is 0.422 e. The number of aromatic amines is 1. The van der Waals surface area contributed by atoms with E-state index in [9.17, 15) is 24.0 Å². The first-order valence-corrected chi connectivity index (χ1v) is 19.6. The van der Waals surface area contributed by atoms with Crippen LogP contribution in [0.5, 0.6) is 5.75 Å². The van der Waals surface area contributed by atoms with E-state index in [2.05, 4.69) is 34.9 Å². The maximum Gasteiger partial charge on any atom is 0.422 e. The van der Waals surface area contributed by atoms with Crippen LogP contribution in [0.3, 0.4) is 0 Å². The molecule has 7 rings (SSSR count). The van der Waals surface area contributed by atoms with Gasteiger partial charge in [0.25, 0.3) is 11.5 Å². The molecular weight excluding hydrogens is 757 g/mol. The third-order valence-corrected chi connectivity index (χ3v) is 10.8. The van der Waals surface area contributed by atoms with E-state index in [0.717, 1.165) is 42.2 Å². The molecule has 2 aliphatic heterocycles. The molecule has 1 unspecified atom stereocenters. The number of rotatable bonds is 15. The number of ether oxygens (including phenoxy) is 2. The van der Waals surface area contributed by atoms with Crippen LogP contribution in [0.15, 0.2) is 73.0 Å². The molecule has 6 heterocycles. The minimum atomic E-state index is -0.814. The quantitative estimate of drug-likeness (QED) is 0.108. The number of hydrogen-bond acceptors (Lipinski definition) is 15. The topological polar surface area (TPSA) is 233 Å². The van der Waals surface area contributed by atoms with Crippen molar-refractivity contribution in [3.63, 3.8) is 0 Å². The van der Waals surface area contributed by atoms with Gasteiger partial charge >= 0.3 is 11.4 Å². The van der Waals surface area contributed by atoms with Crippen LogP contribution in [0, 0.1) is 0 Å². The zero-order chi connectivity index (χ0) is 39.9. The zero-order valence-corrected chi connectivity index (χ0v) is 32.2.